The zero-order chi connectivity index (χ0) is 16.1. The molecule has 0 atom stereocenters. The third kappa shape index (κ3) is 3.91. The first-order valence-corrected chi connectivity index (χ1v) is 7.03. The smallest absolute Gasteiger partial charge is 0.303 e. The summed E-state index contributed by atoms with van der Waals surface area (Å²) >= 11 is 0. The van der Waals surface area contributed by atoms with Crippen molar-refractivity contribution in [3.05, 3.63) is 41.2 Å². The highest BCUT2D eigenvalue weighted by molar-refractivity contribution is 6.03. The first kappa shape index (κ1) is 15.7. The summed E-state index contributed by atoms with van der Waals surface area (Å²) in [7, 11) is 0. The lowest BCUT2D eigenvalue weighted by Gasteiger charge is -2.06. The van der Waals surface area contributed by atoms with Crippen molar-refractivity contribution >= 4 is 17.6 Å². The van der Waals surface area contributed by atoms with Crippen molar-refractivity contribution in [2.75, 3.05) is 5.32 Å². The Morgan fingerprint density at radius 1 is 1.32 bits per heavy atom. The minimum atomic E-state index is -0.846. The van der Waals surface area contributed by atoms with Crippen molar-refractivity contribution in [3.63, 3.8) is 0 Å². The standard InChI is InChI=1S/C15H18N4O3/c1-3-19-17-10(2)14(18-19)15(22)16-12-6-4-5-11(9-12)7-8-13(20)21/h4-6,9H,3,7-8H2,1-2H3,(H,16,22)(H,20,21). The van der Waals surface area contributed by atoms with E-state index in [0.717, 1.165) is 5.56 Å². The maximum atomic E-state index is 12.2. The SMILES string of the molecule is CCn1nc(C)c(C(=O)Nc2cccc(CCC(=O)O)c2)n1. The van der Waals surface area contributed by atoms with Gasteiger partial charge in [0.1, 0.15) is 0 Å². The molecule has 0 aliphatic rings. The Morgan fingerprint density at radius 2 is 2.09 bits per heavy atom. The second-order valence-corrected chi connectivity index (χ2v) is 4.87. The number of carboxylic acids is 1. The molecule has 1 amide bonds. The van der Waals surface area contributed by atoms with Gasteiger partial charge >= 0.3 is 5.97 Å². The molecule has 2 rings (SSSR count). The van der Waals surface area contributed by atoms with Crippen LogP contribution in [0, 0.1) is 6.92 Å². The number of carboxylic acid groups (broad SMARTS) is 1. The van der Waals surface area contributed by atoms with Crippen LogP contribution >= 0.6 is 0 Å². The van der Waals surface area contributed by atoms with Gasteiger partial charge in [-0.1, -0.05) is 12.1 Å². The number of carbonyl (C=O) groups is 2. The van der Waals surface area contributed by atoms with Gasteiger partial charge in [0.2, 0.25) is 0 Å². The number of anilines is 1. The van der Waals surface area contributed by atoms with Crippen molar-refractivity contribution in [3.8, 4) is 0 Å². The average molecular weight is 302 g/mol. The van der Waals surface area contributed by atoms with E-state index in [2.05, 4.69) is 15.5 Å². The number of hydrogen-bond donors (Lipinski definition) is 2. The minimum absolute atomic E-state index is 0.0569. The number of nitrogens with one attached hydrogen (secondary N) is 1. The van der Waals surface area contributed by atoms with Crippen LogP contribution in [0.4, 0.5) is 5.69 Å². The second kappa shape index (κ2) is 6.84. The summed E-state index contributed by atoms with van der Waals surface area (Å²) in [5.74, 6) is -1.17. The van der Waals surface area contributed by atoms with Crippen LogP contribution in [0.25, 0.3) is 0 Å². The summed E-state index contributed by atoms with van der Waals surface area (Å²) in [6.07, 6.45) is 0.478. The maximum absolute atomic E-state index is 12.2. The molecular formula is C15H18N4O3. The van der Waals surface area contributed by atoms with E-state index < -0.39 is 5.97 Å². The number of aromatic nitrogens is 3. The molecule has 0 radical (unpaired) electrons. The molecule has 1 aromatic carbocycles. The van der Waals surface area contributed by atoms with Crippen LogP contribution in [-0.2, 0) is 17.8 Å². The molecule has 1 heterocycles. The molecule has 0 saturated heterocycles. The molecule has 0 bridgehead atoms. The number of nitrogens with zero attached hydrogens (tertiary/aromatic N) is 3. The van der Waals surface area contributed by atoms with E-state index in [0.29, 0.717) is 24.3 Å². The monoisotopic (exact) mass is 302 g/mol. The molecule has 22 heavy (non-hydrogen) atoms. The van der Waals surface area contributed by atoms with Gasteiger partial charge in [-0.15, -0.1) is 5.10 Å². The molecule has 2 N–H and O–H groups in total. The summed E-state index contributed by atoms with van der Waals surface area (Å²) in [5, 5.41) is 19.7. The zero-order valence-corrected chi connectivity index (χ0v) is 12.5. The Balaban J connectivity index is 2.09. The summed E-state index contributed by atoms with van der Waals surface area (Å²) in [6.45, 7) is 4.23. The number of hydrogen-bond acceptors (Lipinski definition) is 4. The van der Waals surface area contributed by atoms with Gasteiger partial charge in [-0.25, -0.2) is 0 Å². The van der Waals surface area contributed by atoms with Crippen molar-refractivity contribution in [2.45, 2.75) is 33.2 Å². The van der Waals surface area contributed by atoms with E-state index in [1.807, 2.05) is 13.0 Å². The van der Waals surface area contributed by atoms with Gasteiger partial charge in [-0.05, 0) is 38.0 Å². The predicted octanol–water partition coefficient (Wildman–Crippen LogP) is 1.88. The predicted molar refractivity (Wildman–Crippen MR) is 80.8 cm³/mol. The second-order valence-electron chi connectivity index (χ2n) is 4.87. The molecular weight excluding hydrogens is 284 g/mol. The van der Waals surface area contributed by atoms with Crippen LogP contribution in [0.2, 0.25) is 0 Å². The number of aryl methyl sites for hydroxylation is 3. The van der Waals surface area contributed by atoms with Crippen LogP contribution in [-0.4, -0.2) is 32.0 Å². The largest absolute Gasteiger partial charge is 0.481 e. The van der Waals surface area contributed by atoms with E-state index in [1.54, 1.807) is 25.1 Å². The fourth-order valence-electron chi connectivity index (χ4n) is 2.03. The molecule has 0 aliphatic heterocycles. The van der Waals surface area contributed by atoms with Crippen LogP contribution < -0.4 is 5.32 Å². The number of aliphatic carboxylic acids is 1. The normalized spacial score (nSPS) is 10.5. The molecule has 116 valence electrons. The Hall–Kier alpha value is -2.70. The maximum Gasteiger partial charge on any atom is 0.303 e. The number of amides is 1. The lowest BCUT2D eigenvalue weighted by molar-refractivity contribution is -0.136. The number of benzene rings is 1. The van der Waals surface area contributed by atoms with E-state index in [9.17, 15) is 9.59 Å². The topological polar surface area (TPSA) is 97.1 Å². The summed E-state index contributed by atoms with van der Waals surface area (Å²) in [5.41, 5.74) is 2.33. The zero-order valence-electron chi connectivity index (χ0n) is 12.5. The highest BCUT2D eigenvalue weighted by Gasteiger charge is 2.15. The van der Waals surface area contributed by atoms with Gasteiger partial charge in [0.25, 0.3) is 5.91 Å². The lowest BCUT2D eigenvalue weighted by Crippen LogP contribution is -2.14. The van der Waals surface area contributed by atoms with Gasteiger partial charge in [-0.2, -0.15) is 9.90 Å². The van der Waals surface area contributed by atoms with Crippen molar-refractivity contribution in [1.29, 1.82) is 0 Å². The molecule has 0 unspecified atom stereocenters. The molecule has 7 nitrogen and oxygen atoms in total. The van der Waals surface area contributed by atoms with Gasteiger partial charge in [0.05, 0.1) is 12.2 Å². The molecule has 0 saturated carbocycles. The van der Waals surface area contributed by atoms with Crippen LogP contribution in [0.15, 0.2) is 24.3 Å². The molecule has 2 aromatic rings. The van der Waals surface area contributed by atoms with E-state index in [4.69, 9.17) is 5.11 Å². The third-order valence-electron chi connectivity index (χ3n) is 3.13. The third-order valence-corrected chi connectivity index (χ3v) is 3.13. The molecule has 7 heteroatoms. The summed E-state index contributed by atoms with van der Waals surface area (Å²) in [6, 6.07) is 7.13. The van der Waals surface area contributed by atoms with Gasteiger partial charge in [0, 0.05) is 12.1 Å². The Morgan fingerprint density at radius 3 is 2.73 bits per heavy atom. The summed E-state index contributed by atoms with van der Waals surface area (Å²) < 4.78 is 0. The minimum Gasteiger partial charge on any atom is -0.481 e. The first-order valence-electron chi connectivity index (χ1n) is 7.03. The quantitative estimate of drug-likeness (QED) is 0.849. The summed E-state index contributed by atoms with van der Waals surface area (Å²) in [4.78, 5) is 24.3. The van der Waals surface area contributed by atoms with Crippen LogP contribution in [0.3, 0.4) is 0 Å². The Bertz CT molecular complexity index is 694. The fraction of sp³-hybridized carbons (Fsp3) is 0.333. The number of rotatable bonds is 6. The Kier molecular flexibility index (Phi) is 4.88. The highest BCUT2D eigenvalue weighted by Crippen LogP contribution is 2.14. The van der Waals surface area contributed by atoms with Crippen LogP contribution in [0.1, 0.15) is 35.1 Å². The Labute approximate surface area is 128 Å². The highest BCUT2D eigenvalue weighted by atomic mass is 16.4. The van der Waals surface area contributed by atoms with Crippen molar-refractivity contribution in [1.82, 2.24) is 15.0 Å². The van der Waals surface area contributed by atoms with Gasteiger partial charge < -0.3 is 10.4 Å². The molecule has 1 aromatic heterocycles. The average Bonchev–Trinajstić information content (AvgIpc) is 2.87. The fourth-order valence-corrected chi connectivity index (χ4v) is 2.03. The first-order chi connectivity index (χ1) is 10.5. The van der Waals surface area contributed by atoms with Gasteiger partial charge in [0.15, 0.2) is 5.69 Å². The van der Waals surface area contributed by atoms with Gasteiger partial charge in [-0.3, -0.25) is 9.59 Å². The molecule has 0 aliphatic carbocycles. The number of carbonyl (C=O) groups excluding carboxylic acids is 1. The molecule has 0 fully saturated rings. The van der Waals surface area contributed by atoms with Crippen LogP contribution in [0.5, 0.6) is 0 Å². The molecule has 0 spiro atoms. The lowest BCUT2D eigenvalue weighted by atomic mass is 10.1. The van der Waals surface area contributed by atoms with E-state index in [-0.39, 0.29) is 18.0 Å². The van der Waals surface area contributed by atoms with E-state index in [1.165, 1.54) is 4.80 Å². The van der Waals surface area contributed by atoms with Crippen molar-refractivity contribution < 1.29 is 14.7 Å². The van der Waals surface area contributed by atoms with E-state index >= 15 is 0 Å². The van der Waals surface area contributed by atoms with Crippen molar-refractivity contribution in [2.24, 2.45) is 0 Å².